The predicted octanol–water partition coefficient (Wildman–Crippen LogP) is 3.07. The number of fused-ring (bicyclic) bond motifs is 1. The van der Waals surface area contributed by atoms with E-state index in [1.165, 1.54) is 6.07 Å². The van der Waals surface area contributed by atoms with Gasteiger partial charge in [-0.05, 0) is 31.9 Å². The number of hydrogen-bond donors (Lipinski definition) is 2. The van der Waals surface area contributed by atoms with Crippen molar-refractivity contribution in [3.05, 3.63) is 52.5 Å². The van der Waals surface area contributed by atoms with E-state index in [0.717, 1.165) is 12.8 Å². The van der Waals surface area contributed by atoms with Crippen LogP contribution in [0.4, 0.5) is 17.6 Å². The average molecular weight is 527 g/mol. The number of alkyl halides is 3. The lowest BCUT2D eigenvalue weighted by atomic mass is 10.1. The van der Waals surface area contributed by atoms with Gasteiger partial charge in [-0.1, -0.05) is 12.1 Å². The van der Waals surface area contributed by atoms with Crippen LogP contribution in [0.15, 0.2) is 35.3 Å². The van der Waals surface area contributed by atoms with E-state index in [-0.39, 0.29) is 35.3 Å². The van der Waals surface area contributed by atoms with Crippen LogP contribution in [0.3, 0.4) is 0 Å². The number of carboxylic acids is 1. The molecule has 1 unspecified atom stereocenters. The van der Waals surface area contributed by atoms with E-state index in [2.05, 4.69) is 15.0 Å². The molecule has 2 fully saturated rings. The van der Waals surface area contributed by atoms with Gasteiger partial charge in [0.15, 0.2) is 17.2 Å². The topological polar surface area (TPSA) is 123 Å². The molecule has 37 heavy (non-hydrogen) atoms. The Morgan fingerprint density at radius 1 is 1.24 bits per heavy atom. The summed E-state index contributed by atoms with van der Waals surface area (Å²) in [6.45, 7) is 4.65. The molecular formula is C23H25F4N5O5. The fourth-order valence-corrected chi connectivity index (χ4v) is 4.10. The van der Waals surface area contributed by atoms with E-state index in [1.807, 2.05) is 11.6 Å². The van der Waals surface area contributed by atoms with Gasteiger partial charge in [-0.15, -0.1) is 0 Å². The standard InChI is InChI=1S/C21H24FN5O3.C2HF3O2/c1-13(26-11-15(12-26)30-18-5-3-2-4-17(18)22)19-24-20-16(21(28)25-19)10-23-27(20)14-6-8-29-9-7-14;3-2(4,5)1(6)7/h2-5,10,13-15H,6-9,11-12H2,1H3,(H,24,25,28);(H,6,7). The SMILES string of the molecule is CC(c1nc2c(cnn2C2CCOCC2)c(=O)[nH]1)N1CC(Oc2ccccc2F)C1.O=C(O)C(F)(F)F. The minimum Gasteiger partial charge on any atom is -0.485 e. The van der Waals surface area contributed by atoms with Crippen LogP contribution in [0.1, 0.15) is 37.7 Å². The number of halogens is 4. The van der Waals surface area contributed by atoms with Crippen molar-refractivity contribution in [2.24, 2.45) is 0 Å². The van der Waals surface area contributed by atoms with E-state index in [4.69, 9.17) is 24.4 Å². The van der Waals surface area contributed by atoms with Crippen LogP contribution < -0.4 is 10.3 Å². The Bertz CT molecular complexity index is 1300. The first-order chi connectivity index (χ1) is 17.5. The maximum atomic E-state index is 13.8. The summed E-state index contributed by atoms with van der Waals surface area (Å²) in [5.74, 6) is -2.25. The molecule has 200 valence electrons. The number of aliphatic carboxylic acids is 1. The number of aromatic nitrogens is 4. The van der Waals surface area contributed by atoms with E-state index in [9.17, 15) is 22.4 Å². The first-order valence-electron chi connectivity index (χ1n) is 11.5. The van der Waals surface area contributed by atoms with Gasteiger partial charge in [-0.2, -0.15) is 18.3 Å². The lowest BCUT2D eigenvalue weighted by molar-refractivity contribution is -0.192. The predicted molar refractivity (Wildman–Crippen MR) is 122 cm³/mol. The van der Waals surface area contributed by atoms with Crippen molar-refractivity contribution in [1.82, 2.24) is 24.6 Å². The Labute approximate surface area is 207 Å². The molecule has 14 heteroatoms. The molecule has 4 heterocycles. The molecule has 5 rings (SSSR count). The summed E-state index contributed by atoms with van der Waals surface area (Å²) in [5.41, 5.74) is 0.437. The quantitative estimate of drug-likeness (QED) is 0.486. The highest BCUT2D eigenvalue weighted by atomic mass is 19.4. The fraction of sp³-hybridized carbons (Fsp3) is 0.478. The molecule has 0 amide bonds. The Hall–Kier alpha value is -3.52. The molecule has 1 aromatic carbocycles. The molecule has 1 atom stereocenters. The zero-order valence-electron chi connectivity index (χ0n) is 19.7. The van der Waals surface area contributed by atoms with E-state index >= 15 is 0 Å². The van der Waals surface area contributed by atoms with Gasteiger partial charge in [0.25, 0.3) is 5.56 Å². The summed E-state index contributed by atoms with van der Waals surface area (Å²) in [7, 11) is 0. The van der Waals surface area contributed by atoms with Gasteiger partial charge in [0.2, 0.25) is 0 Å². The number of ether oxygens (including phenoxy) is 2. The van der Waals surface area contributed by atoms with Crippen LogP contribution in [0, 0.1) is 5.82 Å². The number of H-pyrrole nitrogens is 1. The van der Waals surface area contributed by atoms with Gasteiger partial charge < -0.3 is 19.6 Å². The molecule has 2 aliphatic heterocycles. The van der Waals surface area contributed by atoms with E-state index in [0.29, 0.717) is 43.2 Å². The number of aromatic amines is 1. The highest BCUT2D eigenvalue weighted by Crippen LogP contribution is 2.28. The van der Waals surface area contributed by atoms with Gasteiger partial charge in [-0.25, -0.2) is 18.9 Å². The van der Waals surface area contributed by atoms with E-state index < -0.39 is 12.1 Å². The number of likely N-dealkylation sites (tertiary alicyclic amines) is 1. The molecule has 2 N–H and O–H groups in total. The molecular weight excluding hydrogens is 502 g/mol. The molecule has 0 bridgehead atoms. The molecule has 2 saturated heterocycles. The van der Waals surface area contributed by atoms with E-state index in [1.54, 1.807) is 24.4 Å². The summed E-state index contributed by atoms with van der Waals surface area (Å²) in [6.07, 6.45) is -1.87. The van der Waals surface area contributed by atoms with Gasteiger partial charge in [0.05, 0.1) is 18.3 Å². The number of rotatable bonds is 5. The third kappa shape index (κ3) is 6.07. The molecule has 10 nitrogen and oxygen atoms in total. The van der Waals surface area contributed by atoms with Crippen LogP contribution in [0.5, 0.6) is 5.75 Å². The first kappa shape index (κ1) is 26.5. The summed E-state index contributed by atoms with van der Waals surface area (Å²) in [6, 6.07) is 6.51. The Morgan fingerprint density at radius 2 is 1.89 bits per heavy atom. The van der Waals surface area contributed by atoms with Crippen LogP contribution in [-0.2, 0) is 9.53 Å². The monoisotopic (exact) mass is 527 g/mol. The summed E-state index contributed by atoms with van der Waals surface area (Å²) < 4.78 is 58.6. The average Bonchev–Trinajstić information content (AvgIpc) is 3.27. The molecule has 2 aromatic heterocycles. The van der Waals surface area contributed by atoms with Crippen LogP contribution in [-0.4, -0.2) is 74.3 Å². The van der Waals surface area contributed by atoms with Crippen molar-refractivity contribution in [3.8, 4) is 5.75 Å². The lowest BCUT2D eigenvalue weighted by Gasteiger charge is -2.42. The maximum Gasteiger partial charge on any atom is 0.490 e. The highest BCUT2D eigenvalue weighted by Gasteiger charge is 2.38. The van der Waals surface area contributed by atoms with Crippen molar-refractivity contribution in [1.29, 1.82) is 0 Å². The molecule has 0 spiro atoms. The molecule has 3 aromatic rings. The fourth-order valence-electron chi connectivity index (χ4n) is 4.10. The van der Waals surface area contributed by atoms with Crippen molar-refractivity contribution in [2.45, 2.75) is 44.1 Å². The first-order valence-corrected chi connectivity index (χ1v) is 11.5. The second kappa shape index (κ2) is 10.8. The van der Waals surface area contributed by atoms with Crippen LogP contribution in [0.2, 0.25) is 0 Å². The zero-order valence-corrected chi connectivity index (χ0v) is 19.7. The highest BCUT2D eigenvalue weighted by molar-refractivity contribution is 5.73. The van der Waals surface area contributed by atoms with Crippen molar-refractivity contribution < 1.29 is 36.9 Å². The lowest BCUT2D eigenvalue weighted by Crippen LogP contribution is -2.54. The number of benzene rings is 1. The summed E-state index contributed by atoms with van der Waals surface area (Å²) >= 11 is 0. The third-order valence-electron chi connectivity index (χ3n) is 6.21. The van der Waals surface area contributed by atoms with Gasteiger partial charge in [0, 0.05) is 26.3 Å². The summed E-state index contributed by atoms with van der Waals surface area (Å²) in [4.78, 5) is 31.3. The minimum atomic E-state index is -5.08. The Balaban J connectivity index is 0.000000405. The second-order valence-corrected chi connectivity index (χ2v) is 8.72. The van der Waals surface area contributed by atoms with Crippen LogP contribution in [0.25, 0.3) is 11.0 Å². The smallest absolute Gasteiger partial charge is 0.485 e. The number of para-hydroxylation sites is 1. The summed E-state index contributed by atoms with van der Waals surface area (Å²) in [5, 5.41) is 12.1. The Kier molecular flexibility index (Phi) is 7.78. The number of carbonyl (C=O) groups is 1. The molecule has 0 aliphatic carbocycles. The largest absolute Gasteiger partial charge is 0.490 e. The molecule has 2 aliphatic rings. The van der Waals surface area contributed by atoms with Gasteiger partial charge in [0.1, 0.15) is 17.3 Å². The van der Waals surface area contributed by atoms with Gasteiger partial charge in [-0.3, -0.25) is 9.69 Å². The molecule has 0 radical (unpaired) electrons. The van der Waals surface area contributed by atoms with Crippen molar-refractivity contribution in [2.75, 3.05) is 26.3 Å². The van der Waals surface area contributed by atoms with Crippen molar-refractivity contribution >= 4 is 17.0 Å². The second-order valence-electron chi connectivity index (χ2n) is 8.72. The maximum absolute atomic E-state index is 13.8. The molecule has 0 saturated carbocycles. The van der Waals surface area contributed by atoms with Gasteiger partial charge >= 0.3 is 12.1 Å². The number of carboxylic acid groups (broad SMARTS) is 1. The number of nitrogens with one attached hydrogen (secondary N) is 1. The Morgan fingerprint density at radius 3 is 2.51 bits per heavy atom. The van der Waals surface area contributed by atoms with Crippen molar-refractivity contribution in [3.63, 3.8) is 0 Å². The zero-order chi connectivity index (χ0) is 26.7. The normalized spacial score (nSPS) is 18.1. The minimum absolute atomic E-state index is 0.0902. The number of nitrogens with zero attached hydrogens (tertiary/aromatic N) is 4. The third-order valence-corrected chi connectivity index (χ3v) is 6.21. The number of hydrogen-bond acceptors (Lipinski definition) is 7. The van der Waals surface area contributed by atoms with Crippen LogP contribution >= 0.6 is 0 Å².